The van der Waals surface area contributed by atoms with E-state index < -0.39 is 0 Å². The molecule has 0 aliphatic rings. The number of benzene rings is 2. The van der Waals surface area contributed by atoms with Gasteiger partial charge in [0.2, 0.25) is 0 Å². The Morgan fingerprint density at radius 2 is 1.71 bits per heavy atom. The van der Waals surface area contributed by atoms with E-state index in [0.717, 1.165) is 22.1 Å². The van der Waals surface area contributed by atoms with Crippen molar-refractivity contribution >= 4 is 16.6 Å². The van der Waals surface area contributed by atoms with Crippen LogP contribution in [0.25, 0.3) is 10.8 Å². The number of ketones is 1. The molecule has 2 nitrogen and oxygen atoms in total. The van der Waals surface area contributed by atoms with E-state index in [0.29, 0.717) is 0 Å². The predicted molar refractivity (Wildman–Crippen MR) is 69.7 cm³/mol. The smallest absolute Gasteiger partial charge is 0.166 e. The van der Waals surface area contributed by atoms with Gasteiger partial charge in [0, 0.05) is 16.9 Å². The van der Waals surface area contributed by atoms with E-state index in [4.69, 9.17) is 4.74 Å². The monoisotopic (exact) mass is 228 g/mol. The van der Waals surface area contributed by atoms with Crippen LogP contribution in [0.2, 0.25) is 0 Å². The highest BCUT2D eigenvalue weighted by atomic mass is 16.5. The maximum atomic E-state index is 12.1. The molecule has 2 aromatic rings. The molecule has 0 aromatic heterocycles. The molecule has 0 radical (unpaired) electrons. The number of carbonyl (C=O) groups excluding carboxylic acids is 1. The Morgan fingerprint density at radius 3 is 2.29 bits per heavy atom. The number of carbonyl (C=O) groups is 1. The van der Waals surface area contributed by atoms with E-state index in [9.17, 15) is 4.79 Å². The molecule has 17 heavy (non-hydrogen) atoms. The topological polar surface area (TPSA) is 26.3 Å². The van der Waals surface area contributed by atoms with Crippen molar-refractivity contribution in [3.05, 3.63) is 42.0 Å². The van der Waals surface area contributed by atoms with Crippen molar-refractivity contribution in [3.63, 3.8) is 0 Å². The second-order valence-corrected chi connectivity index (χ2v) is 4.38. The van der Waals surface area contributed by atoms with Gasteiger partial charge in [0.25, 0.3) is 0 Å². The standard InChI is InChI=1S/C15H16O2/c1-10(2)15(16)13-8-9-14(17-3)12-7-5-4-6-11(12)13/h4-10H,1-3H3. The van der Waals surface area contributed by atoms with Gasteiger partial charge in [-0.3, -0.25) is 4.79 Å². The highest BCUT2D eigenvalue weighted by molar-refractivity contribution is 6.10. The molecule has 0 unspecified atom stereocenters. The lowest BCUT2D eigenvalue weighted by Crippen LogP contribution is -2.08. The Hall–Kier alpha value is -1.83. The molecule has 0 aliphatic carbocycles. The number of rotatable bonds is 3. The molecule has 0 aliphatic heterocycles. The molecular weight excluding hydrogens is 212 g/mol. The average molecular weight is 228 g/mol. The summed E-state index contributed by atoms with van der Waals surface area (Å²) in [5, 5.41) is 1.95. The number of ether oxygens (including phenoxy) is 1. The lowest BCUT2D eigenvalue weighted by atomic mass is 9.95. The summed E-state index contributed by atoms with van der Waals surface area (Å²) < 4.78 is 5.31. The van der Waals surface area contributed by atoms with Crippen molar-refractivity contribution in [1.82, 2.24) is 0 Å². The molecule has 0 heterocycles. The highest BCUT2D eigenvalue weighted by Crippen LogP contribution is 2.29. The van der Waals surface area contributed by atoms with Crippen molar-refractivity contribution in [2.75, 3.05) is 7.11 Å². The zero-order valence-corrected chi connectivity index (χ0v) is 10.4. The molecular formula is C15H16O2. The van der Waals surface area contributed by atoms with Crippen LogP contribution in [0.1, 0.15) is 24.2 Å². The first-order chi connectivity index (χ1) is 8.15. The summed E-state index contributed by atoms with van der Waals surface area (Å²) in [5.41, 5.74) is 0.774. The zero-order valence-electron chi connectivity index (χ0n) is 10.4. The van der Waals surface area contributed by atoms with E-state index in [1.54, 1.807) is 7.11 Å². The van der Waals surface area contributed by atoms with Gasteiger partial charge < -0.3 is 4.74 Å². The summed E-state index contributed by atoms with van der Waals surface area (Å²) in [4.78, 5) is 12.1. The highest BCUT2D eigenvalue weighted by Gasteiger charge is 2.15. The van der Waals surface area contributed by atoms with Gasteiger partial charge >= 0.3 is 0 Å². The van der Waals surface area contributed by atoms with Crippen LogP contribution >= 0.6 is 0 Å². The fourth-order valence-corrected chi connectivity index (χ4v) is 1.98. The van der Waals surface area contributed by atoms with Crippen molar-refractivity contribution in [1.29, 1.82) is 0 Å². The summed E-state index contributed by atoms with van der Waals surface area (Å²) >= 11 is 0. The molecule has 0 bridgehead atoms. The van der Waals surface area contributed by atoms with Crippen molar-refractivity contribution in [2.45, 2.75) is 13.8 Å². The zero-order chi connectivity index (χ0) is 12.4. The molecule has 0 amide bonds. The largest absolute Gasteiger partial charge is 0.496 e. The lowest BCUT2D eigenvalue weighted by Gasteiger charge is -2.11. The molecule has 2 aromatic carbocycles. The molecule has 0 fully saturated rings. The Morgan fingerprint density at radius 1 is 1.06 bits per heavy atom. The fourth-order valence-electron chi connectivity index (χ4n) is 1.98. The lowest BCUT2D eigenvalue weighted by molar-refractivity contribution is 0.0941. The number of hydrogen-bond acceptors (Lipinski definition) is 2. The number of hydrogen-bond donors (Lipinski definition) is 0. The second kappa shape index (κ2) is 4.58. The van der Waals surface area contributed by atoms with E-state index in [1.165, 1.54) is 0 Å². The Bertz CT molecular complexity index is 556. The third-order valence-corrected chi connectivity index (χ3v) is 2.89. The van der Waals surface area contributed by atoms with Gasteiger partial charge in [-0.25, -0.2) is 0 Å². The van der Waals surface area contributed by atoms with Crippen LogP contribution in [0.15, 0.2) is 36.4 Å². The first-order valence-corrected chi connectivity index (χ1v) is 5.75. The van der Waals surface area contributed by atoms with Crippen LogP contribution < -0.4 is 4.74 Å². The van der Waals surface area contributed by atoms with Crippen LogP contribution in [-0.4, -0.2) is 12.9 Å². The van der Waals surface area contributed by atoms with E-state index in [-0.39, 0.29) is 11.7 Å². The molecule has 88 valence electrons. The van der Waals surface area contributed by atoms with Gasteiger partial charge in [-0.15, -0.1) is 0 Å². The minimum atomic E-state index is 0.00630. The SMILES string of the molecule is COc1ccc(C(=O)C(C)C)c2ccccc12. The Kier molecular flexibility index (Phi) is 3.14. The minimum absolute atomic E-state index is 0.00630. The van der Waals surface area contributed by atoms with E-state index in [1.807, 2.05) is 50.2 Å². The van der Waals surface area contributed by atoms with Crippen LogP contribution in [0.4, 0.5) is 0 Å². The normalized spacial score (nSPS) is 10.8. The van der Waals surface area contributed by atoms with Crippen molar-refractivity contribution < 1.29 is 9.53 Å². The predicted octanol–water partition coefficient (Wildman–Crippen LogP) is 3.69. The summed E-state index contributed by atoms with van der Waals surface area (Å²) in [6.07, 6.45) is 0. The summed E-state index contributed by atoms with van der Waals surface area (Å²) in [5.74, 6) is 0.983. The van der Waals surface area contributed by atoms with Gasteiger partial charge in [0.15, 0.2) is 5.78 Å². The summed E-state index contributed by atoms with van der Waals surface area (Å²) in [6.45, 7) is 3.84. The van der Waals surface area contributed by atoms with Gasteiger partial charge in [0.1, 0.15) is 5.75 Å². The number of methoxy groups -OCH3 is 1. The van der Waals surface area contributed by atoms with Gasteiger partial charge in [-0.1, -0.05) is 38.1 Å². The van der Waals surface area contributed by atoms with Crippen molar-refractivity contribution in [2.24, 2.45) is 5.92 Å². The Labute approximate surface area is 101 Å². The molecule has 0 N–H and O–H groups in total. The molecule has 0 saturated carbocycles. The summed E-state index contributed by atoms with van der Waals surface area (Å²) in [6, 6.07) is 11.5. The molecule has 0 atom stereocenters. The van der Waals surface area contributed by atoms with Gasteiger partial charge in [-0.2, -0.15) is 0 Å². The number of Topliss-reactive ketones (excluding diaryl/α,β-unsaturated/α-hetero) is 1. The van der Waals surface area contributed by atoms with Crippen LogP contribution in [0.5, 0.6) is 5.75 Å². The van der Waals surface area contributed by atoms with Crippen LogP contribution in [0.3, 0.4) is 0 Å². The fraction of sp³-hybridized carbons (Fsp3) is 0.267. The average Bonchev–Trinajstić information content (AvgIpc) is 2.36. The molecule has 2 heteroatoms. The molecule has 0 spiro atoms. The maximum Gasteiger partial charge on any atom is 0.166 e. The summed E-state index contributed by atoms with van der Waals surface area (Å²) in [7, 11) is 1.64. The first kappa shape index (κ1) is 11.6. The van der Waals surface area contributed by atoms with Gasteiger partial charge in [-0.05, 0) is 17.5 Å². The molecule has 2 rings (SSSR count). The van der Waals surface area contributed by atoms with Crippen molar-refractivity contribution in [3.8, 4) is 5.75 Å². The van der Waals surface area contributed by atoms with Crippen LogP contribution in [-0.2, 0) is 0 Å². The minimum Gasteiger partial charge on any atom is -0.496 e. The maximum absolute atomic E-state index is 12.1. The third-order valence-electron chi connectivity index (χ3n) is 2.89. The van der Waals surface area contributed by atoms with E-state index in [2.05, 4.69) is 0 Å². The first-order valence-electron chi connectivity index (χ1n) is 5.75. The molecule has 0 saturated heterocycles. The third kappa shape index (κ3) is 2.03. The van der Waals surface area contributed by atoms with Gasteiger partial charge in [0.05, 0.1) is 7.11 Å². The number of fused-ring (bicyclic) bond motifs is 1. The van der Waals surface area contributed by atoms with Crippen LogP contribution in [0, 0.1) is 5.92 Å². The second-order valence-electron chi connectivity index (χ2n) is 4.38. The van der Waals surface area contributed by atoms with E-state index >= 15 is 0 Å². The Balaban J connectivity index is 2.71. The quantitative estimate of drug-likeness (QED) is 0.749.